The molecule has 1 aromatic carbocycles. The van der Waals surface area contributed by atoms with Crippen molar-refractivity contribution in [2.24, 2.45) is 0 Å². The highest BCUT2D eigenvalue weighted by atomic mass is 35.5. The summed E-state index contributed by atoms with van der Waals surface area (Å²) in [6.07, 6.45) is 7.59. The lowest BCUT2D eigenvalue weighted by Crippen LogP contribution is -1.99. The molecule has 0 aliphatic carbocycles. The van der Waals surface area contributed by atoms with Crippen LogP contribution in [-0.2, 0) is 13.0 Å². The smallest absolute Gasteiger partial charge is 0.143 e. The molecule has 0 amide bonds. The molecular formula is C15H14ClN3. The van der Waals surface area contributed by atoms with Gasteiger partial charge in [-0.25, -0.2) is 9.97 Å². The summed E-state index contributed by atoms with van der Waals surface area (Å²) < 4.78 is 2.17. The lowest BCUT2D eigenvalue weighted by molar-refractivity contribution is 0.657. The van der Waals surface area contributed by atoms with Gasteiger partial charge < -0.3 is 4.57 Å². The molecule has 4 heteroatoms. The van der Waals surface area contributed by atoms with Gasteiger partial charge in [-0.05, 0) is 36.6 Å². The van der Waals surface area contributed by atoms with Gasteiger partial charge in [-0.2, -0.15) is 0 Å². The molecule has 0 radical (unpaired) electrons. The van der Waals surface area contributed by atoms with Gasteiger partial charge in [0.25, 0.3) is 0 Å². The van der Waals surface area contributed by atoms with Crippen LogP contribution in [-0.4, -0.2) is 14.5 Å². The van der Waals surface area contributed by atoms with Crippen molar-refractivity contribution in [3.8, 4) is 0 Å². The molecule has 0 aliphatic rings. The molecule has 0 saturated heterocycles. The fourth-order valence-corrected chi connectivity index (χ4v) is 2.47. The number of benzene rings is 1. The minimum absolute atomic E-state index is 0.802. The van der Waals surface area contributed by atoms with Crippen molar-refractivity contribution < 1.29 is 0 Å². The van der Waals surface area contributed by atoms with E-state index < -0.39 is 0 Å². The molecule has 19 heavy (non-hydrogen) atoms. The molecule has 3 aromatic rings. The van der Waals surface area contributed by atoms with Crippen LogP contribution in [0.1, 0.15) is 12.0 Å². The number of aromatic nitrogens is 3. The first-order valence-corrected chi connectivity index (χ1v) is 6.70. The fraction of sp³-hybridized carbons (Fsp3) is 0.200. The maximum Gasteiger partial charge on any atom is 0.143 e. The predicted molar refractivity (Wildman–Crippen MR) is 77.3 cm³/mol. The normalized spacial score (nSPS) is 11.0. The second kappa shape index (κ2) is 5.41. The van der Waals surface area contributed by atoms with Crippen LogP contribution in [0.3, 0.4) is 0 Å². The number of halogens is 1. The molecule has 3 nitrogen and oxygen atoms in total. The molecule has 96 valence electrons. The lowest BCUT2D eigenvalue weighted by Gasteiger charge is -2.05. The van der Waals surface area contributed by atoms with E-state index >= 15 is 0 Å². The third-order valence-corrected chi connectivity index (χ3v) is 3.41. The summed E-state index contributed by atoms with van der Waals surface area (Å²) in [4.78, 5) is 8.34. The van der Waals surface area contributed by atoms with Gasteiger partial charge in [-0.3, -0.25) is 0 Å². The summed E-state index contributed by atoms with van der Waals surface area (Å²) in [7, 11) is 0. The zero-order valence-electron chi connectivity index (χ0n) is 10.5. The van der Waals surface area contributed by atoms with Crippen molar-refractivity contribution in [2.75, 3.05) is 0 Å². The van der Waals surface area contributed by atoms with Crippen molar-refractivity contribution in [2.45, 2.75) is 19.4 Å². The number of hydrogen-bond donors (Lipinski definition) is 0. The summed E-state index contributed by atoms with van der Waals surface area (Å²) in [5.74, 6) is 0. The third kappa shape index (κ3) is 2.76. The van der Waals surface area contributed by atoms with E-state index in [-0.39, 0.29) is 0 Å². The monoisotopic (exact) mass is 271 g/mol. The summed E-state index contributed by atoms with van der Waals surface area (Å²) in [5.41, 5.74) is 2.28. The molecule has 0 unspecified atom stereocenters. The Bertz CT molecular complexity index is 690. The van der Waals surface area contributed by atoms with Crippen molar-refractivity contribution in [3.05, 3.63) is 59.6 Å². The zero-order valence-corrected chi connectivity index (χ0v) is 11.2. The first-order valence-electron chi connectivity index (χ1n) is 6.32. The Kier molecular flexibility index (Phi) is 3.47. The average molecular weight is 272 g/mol. The minimum Gasteiger partial charge on any atom is -0.332 e. The fourth-order valence-electron chi connectivity index (χ4n) is 2.26. The second-order valence-corrected chi connectivity index (χ2v) is 4.98. The van der Waals surface area contributed by atoms with Gasteiger partial charge in [0.1, 0.15) is 12.0 Å². The molecule has 0 spiro atoms. The summed E-state index contributed by atoms with van der Waals surface area (Å²) in [6.45, 7) is 0.951. The quantitative estimate of drug-likeness (QED) is 0.724. The van der Waals surface area contributed by atoms with Crippen LogP contribution in [0.15, 0.2) is 49.1 Å². The topological polar surface area (TPSA) is 30.7 Å². The first kappa shape index (κ1) is 12.2. The number of hydrogen-bond acceptors (Lipinski definition) is 2. The molecule has 3 rings (SSSR count). The lowest BCUT2D eigenvalue weighted by atomic mass is 10.1. The summed E-state index contributed by atoms with van der Waals surface area (Å²) >= 11 is 5.98. The number of aryl methyl sites for hydroxylation is 2. The largest absolute Gasteiger partial charge is 0.332 e. The minimum atomic E-state index is 0.802. The van der Waals surface area contributed by atoms with E-state index in [1.165, 1.54) is 5.56 Å². The van der Waals surface area contributed by atoms with Gasteiger partial charge in [0, 0.05) is 29.3 Å². The molecule has 0 N–H and O–H groups in total. The maximum atomic E-state index is 5.98. The maximum absolute atomic E-state index is 5.98. The Morgan fingerprint density at radius 3 is 3.05 bits per heavy atom. The summed E-state index contributed by atoms with van der Waals surface area (Å²) in [6, 6.07) is 10.1. The zero-order chi connectivity index (χ0) is 13.1. The Balaban J connectivity index is 1.66. The van der Waals surface area contributed by atoms with Crippen molar-refractivity contribution >= 4 is 22.6 Å². The van der Waals surface area contributed by atoms with Crippen LogP contribution < -0.4 is 0 Å². The van der Waals surface area contributed by atoms with E-state index in [9.17, 15) is 0 Å². The number of nitrogens with zero attached hydrogens (tertiary/aromatic N) is 3. The molecule has 0 bridgehead atoms. The molecular weight excluding hydrogens is 258 g/mol. The van der Waals surface area contributed by atoms with Gasteiger partial charge in [0.05, 0.1) is 0 Å². The van der Waals surface area contributed by atoms with E-state index in [0.717, 1.165) is 35.4 Å². The number of rotatable bonds is 4. The molecule has 2 heterocycles. The standard InChI is InChI=1S/C15H14ClN3/c16-14-5-1-3-12(9-14)4-2-7-19-8-6-13-10-17-11-18-15(13)19/h1,3,5-6,8-11H,2,4,7H2. The average Bonchev–Trinajstić information content (AvgIpc) is 2.83. The number of fused-ring (bicyclic) bond motifs is 1. The van der Waals surface area contributed by atoms with Crippen LogP contribution in [0.5, 0.6) is 0 Å². The first-order chi connectivity index (χ1) is 9.33. The van der Waals surface area contributed by atoms with Crippen molar-refractivity contribution in [1.29, 1.82) is 0 Å². The SMILES string of the molecule is Clc1cccc(CCCn2ccc3cncnc32)c1. The Hall–Kier alpha value is -1.87. The Morgan fingerprint density at radius 2 is 2.16 bits per heavy atom. The Labute approximate surface area is 116 Å². The second-order valence-electron chi connectivity index (χ2n) is 4.54. The van der Waals surface area contributed by atoms with Gasteiger partial charge in [0.2, 0.25) is 0 Å². The highest BCUT2D eigenvalue weighted by molar-refractivity contribution is 6.30. The molecule has 2 aromatic heterocycles. The van der Waals surface area contributed by atoms with Gasteiger partial charge in [0.15, 0.2) is 0 Å². The summed E-state index contributed by atoms with van der Waals surface area (Å²) in [5, 5.41) is 1.89. The van der Waals surface area contributed by atoms with E-state index in [2.05, 4.69) is 32.9 Å². The highest BCUT2D eigenvalue weighted by Crippen LogP contribution is 2.15. The van der Waals surface area contributed by atoms with E-state index in [1.54, 1.807) is 6.33 Å². The highest BCUT2D eigenvalue weighted by Gasteiger charge is 2.02. The van der Waals surface area contributed by atoms with Crippen LogP contribution in [0.2, 0.25) is 5.02 Å². The van der Waals surface area contributed by atoms with Crippen molar-refractivity contribution in [1.82, 2.24) is 14.5 Å². The molecule has 0 atom stereocenters. The van der Waals surface area contributed by atoms with Gasteiger partial charge in [-0.1, -0.05) is 23.7 Å². The third-order valence-electron chi connectivity index (χ3n) is 3.18. The Morgan fingerprint density at radius 1 is 1.21 bits per heavy atom. The van der Waals surface area contributed by atoms with Crippen LogP contribution in [0.4, 0.5) is 0 Å². The molecule has 0 saturated carbocycles. The van der Waals surface area contributed by atoms with Gasteiger partial charge in [-0.15, -0.1) is 0 Å². The van der Waals surface area contributed by atoms with Gasteiger partial charge >= 0.3 is 0 Å². The van der Waals surface area contributed by atoms with E-state index in [4.69, 9.17) is 11.6 Å². The van der Waals surface area contributed by atoms with Crippen LogP contribution in [0.25, 0.3) is 11.0 Å². The molecule has 0 aliphatic heterocycles. The van der Waals surface area contributed by atoms with E-state index in [0.29, 0.717) is 0 Å². The van der Waals surface area contributed by atoms with Crippen molar-refractivity contribution in [3.63, 3.8) is 0 Å². The van der Waals surface area contributed by atoms with E-state index in [1.807, 2.05) is 24.4 Å². The van der Waals surface area contributed by atoms with Crippen LogP contribution in [0, 0.1) is 0 Å². The van der Waals surface area contributed by atoms with Crippen LogP contribution >= 0.6 is 11.6 Å². The molecule has 0 fully saturated rings. The predicted octanol–water partition coefficient (Wildman–Crippen LogP) is 3.72.